The fourth-order valence-electron chi connectivity index (χ4n) is 3.97. The van der Waals surface area contributed by atoms with E-state index in [1.807, 2.05) is 6.07 Å². The first-order chi connectivity index (χ1) is 13.4. The largest absolute Gasteiger partial charge is 0.403 e. The molecule has 144 valence electrons. The van der Waals surface area contributed by atoms with Crippen molar-refractivity contribution in [2.45, 2.75) is 25.3 Å². The van der Waals surface area contributed by atoms with Crippen molar-refractivity contribution in [3.05, 3.63) is 68.7 Å². The molecule has 8 heteroatoms. The van der Waals surface area contributed by atoms with Crippen LogP contribution in [-0.4, -0.2) is 39.8 Å². The van der Waals surface area contributed by atoms with Gasteiger partial charge in [-0.1, -0.05) is 35.9 Å². The molecule has 0 bridgehead atoms. The van der Waals surface area contributed by atoms with Crippen LogP contribution in [0, 0.1) is 17.0 Å². The van der Waals surface area contributed by atoms with Crippen LogP contribution in [0.25, 0.3) is 11.1 Å². The Kier molecular flexibility index (Phi) is 4.34. The normalized spacial score (nSPS) is 18.4. The number of hydrogen-bond donors (Lipinski definition) is 0. The van der Waals surface area contributed by atoms with Crippen molar-refractivity contribution in [3.63, 3.8) is 0 Å². The number of carbonyl (C=O) groups excluding carboxylic acids is 2. The van der Waals surface area contributed by atoms with Gasteiger partial charge in [-0.25, -0.2) is 10.0 Å². The number of nitrogens with zero attached hydrogens (tertiary/aromatic N) is 3. The second kappa shape index (κ2) is 6.60. The lowest BCUT2D eigenvalue weighted by Crippen LogP contribution is -2.48. The molecule has 4 rings (SSSR count). The summed E-state index contributed by atoms with van der Waals surface area (Å²) >= 11 is 5.94. The molecule has 2 aromatic rings. The fraction of sp³-hybridized carbons (Fsp3) is 0.300. The second-order valence-corrected chi connectivity index (χ2v) is 7.50. The van der Waals surface area contributed by atoms with Crippen LogP contribution >= 0.6 is 11.6 Å². The number of nitro groups is 1. The molecule has 0 unspecified atom stereocenters. The summed E-state index contributed by atoms with van der Waals surface area (Å²) in [5.74, 6) is -1.56. The van der Waals surface area contributed by atoms with Crippen molar-refractivity contribution < 1.29 is 14.5 Å². The van der Waals surface area contributed by atoms with Gasteiger partial charge in [0.05, 0.1) is 10.5 Å². The molecule has 0 aromatic heterocycles. The van der Waals surface area contributed by atoms with Crippen molar-refractivity contribution in [2.24, 2.45) is 0 Å². The Balaban J connectivity index is 1.90. The smallest absolute Gasteiger partial charge is 0.263 e. The van der Waals surface area contributed by atoms with Gasteiger partial charge in [0.2, 0.25) is 0 Å². The van der Waals surface area contributed by atoms with E-state index in [1.165, 1.54) is 10.0 Å². The summed E-state index contributed by atoms with van der Waals surface area (Å²) in [6, 6.07) is 12.1. The van der Waals surface area contributed by atoms with E-state index in [0.29, 0.717) is 42.1 Å². The quantitative estimate of drug-likeness (QED) is 0.451. The van der Waals surface area contributed by atoms with E-state index < -0.39 is 22.3 Å². The van der Waals surface area contributed by atoms with Gasteiger partial charge < -0.3 is 0 Å². The molecule has 2 fully saturated rings. The number of halogens is 1. The molecular weight excluding hydrogens is 382 g/mol. The molecule has 2 aliphatic rings. The Morgan fingerprint density at radius 2 is 1.50 bits per heavy atom. The van der Waals surface area contributed by atoms with E-state index in [1.54, 1.807) is 43.3 Å². The molecule has 7 nitrogen and oxygen atoms in total. The average Bonchev–Trinajstić information content (AvgIpc) is 2.92. The highest BCUT2D eigenvalue weighted by Crippen LogP contribution is 2.41. The molecular formula is C20H18ClN3O4. The molecule has 0 spiro atoms. The molecule has 2 amide bonds. The summed E-state index contributed by atoms with van der Waals surface area (Å²) < 4.78 is 0. The maximum Gasteiger partial charge on any atom is 0.403 e. The standard InChI is InChI=1S/C20H18ClN3O4/c1-13-4-5-15(14-6-8-16(21)9-7-14)12-17(13)20(24(27)28)18(25)22-10-2-3-11-23(22)19(20)26/h4-9,12H,2-3,10-11H2,1H3. The molecule has 2 heterocycles. The lowest BCUT2D eigenvalue weighted by Gasteiger charge is -2.30. The number of amides is 2. The van der Waals surface area contributed by atoms with E-state index in [-0.39, 0.29) is 5.56 Å². The van der Waals surface area contributed by atoms with Gasteiger partial charge >= 0.3 is 17.4 Å². The van der Waals surface area contributed by atoms with E-state index in [9.17, 15) is 19.7 Å². The van der Waals surface area contributed by atoms with Crippen LogP contribution in [-0.2, 0) is 15.1 Å². The van der Waals surface area contributed by atoms with Gasteiger partial charge in [0.25, 0.3) is 0 Å². The molecule has 0 N–H and O–H groups in total. The first-order valence-corrected chi connectivity index (χ1v) is 9.40. The van der Waals surface area contributed by atoms with Crippen LogP contribution in [0.4, 0.5) is 0 Å². The first kappa shape index (κ1) is 18.4. The van der Waals surface area contributed by atoms with Crippen LogP contribution in [0.2, 0.25) is 5.02 Å². The van der Waals surface area contributed by atoms with Gasteiger partial charge in [-0.2, -0.15) is 0 Å². The molecule has 0 saturated carbocycles. The Labute approximate surface area is 166 Å². The summed E-state index contributed by atoms with van der Waals surface area (Å²) in [6.07, 6.45) is 1.43. The van der Waals surface area contributed by atoms with Crippen molar-refractivity contribution in [1.29, 1.82) is 0 Å². The number of hydrogen-bond acceptors (Lipinski definition) is 4. The average molecular weight is 400 g/mol. The Hall–Kier alpha value is -2.93. The lowest BCUT2D eigenvalue weighted by molar-refractivity contribution is -0.542. The van der Waals surface area contributed by atoms with Gasteiger partial charge in [-0.05, 0) is 54.7 Å². The zero-order valence-electron chi connectivity index (χ0n) is 15.2. The number of fused-ring (bicyclic) bond motifs is 1. The van der Waals surface area contributed by atoms with E-state index in [4.69, 9.17) is 11.6 Å². The predicted molar refractivity (Wildman–Crippen MR) is 103 cm³/mol. The molecule has 2 saturated heterocycles. The molecule has 2 aliphatic heterocycles. The van der Waals surface area contributed by atoms with Gasteiger partial charge in [0.15, 0.2) is 0 Å². The minimum atomic E-state index is -2.43. The third-order valence-electron chi connectivity index (χ3n) is 5.45. The third kappa shape index (κ3) is 2.50. The third-order valence-corrected chi connectivity index (χ3v) is 5.70. The molecule has 2 aromatic carbocycles. The van der Waals surface area contributed by atoms with Crippen molar-refractivity contribution in [1.82, 2.24) is 10.0 Å². The summed E-state index contributed by atoms with van der Waals surface area (Å²) in [4.78, 5) is 37.8. The monoisotopic (exact) mass is 399 g/mol. The zero-order valence-corrected chi connectivity index (χ0v) is 16.0. The summed E-state index contributed by atoms with van der Waals surface area (Å²) in [6.45, 7) is 2.31. The number of benzene rings is 2. The van der Waals surface area contributed by atoms with Crippen LogP contribution in [0.15, 0.2) is 42.5 Å². The van der Waals surface area contributed by atoms with Gasteiger partial charge in [-0.3, -0.25) is 19.7 Å². The molecule has 0 radical (unpaired) electrons. The Bertz CT molecular complexity index is 965. The van der Waals surface area contributed by atoms with Gasteiger partial charge in [-0.15, -0.1) is 0 Å². The maximum atomic E-state index is 13.2. The van der Waals surface area contributed by atoms with Gasteiger partial charge in [0, 0.05) is 18.1 Å². The SMILES string of the molecule is Cc1ccc(-c2ccc(Cl)cc2)cc1C1([N+](=O)[O-])C(=O)N2CCCCN2C1=O. The lowest BCUT2D eigenvalue weighted by atomic mass is 9.84. The highest BCUT2D eigenvalue weighted by molar-refractivity contribution is 6.30. The second-order valence-electron chi connectivity index (χ2n) is 7.07. The number of carbonyl (C=O) groups is 2. The predicted octanol–water partition coefficient (Wildman–Crippen LogP) is 3.17. The van der Waals surface area contributed by atoms with Crippen molar-refractivity contribution >= 4 is 23.4 Å². The minimum absolute atomic E-state index is 0.120. The molecule has 28 heavy (non-hydrogen) atoms. The first-order valence-electron chi connectivity index (χ1n) is 9.03. The van der Waals surface area contributed by atoms with Crippen LogP contribution in [0.1, 0.15) is 24.0 Å². The van der Waals surface area contributed by atoms with E-state index in [0.717, 1.165) is 5.56 Å². The fourth-order valence-corrected chi connectivity index (χ4v) is 4.10. The van der Waals surface area contributed by atoms with Crippen LogP contribution in [0.5, 0.6) is 0 Å². The van der Waals surface area contributed by atoms with E-state index >= 15 is 0 Å². The Morgan fingerprint density at radius 1 is 0.964 bits per heavy atom. The zero-order chi connectivity index (χ0) is 20.1. The minimum Gasteiger partial charge on any atom is -0.263 e. The summed E-state index contributed by atoms with van der Waals surface area (Å²) in [5.41, 5.74) is -0.317. The highest BCUT2D eigenvalue weighted by atomic mass is 35.5. The summed E-state index contributed by atoms with van der Waals surface area (Å²) in [7, 11) is 0. The number of aryl methyl sites for hydroxylation is 1. The number of hydrazine groups is 1. The van der Waals surface area contributed by atoms with Crippen LogP contribution < -0.4 is 0 Å². The van der Waals surface area contributed by atoms with Crippen LogP contribution in [0.3, 0.4) is 0 Å². The topological polar surface area (TPSA) is 83.8 Å². The van der Waals surface area contributed by atoms with Gasteiger partial charge in [0.1, 0.15) is 0 Å². The van der Waals surface area contributed by atoms with Crippen molar-refractivity contribution in [2.75, 3.05) is 13.1 Å². The number of rotatable bonds is 3. The maximum absolute atomic E-state index is 13.2. The highest BCUT2D eigenvalue weighted by Gasteiger charge is 2.70. The van der Waals surface area contributed by atoms with E-state index in [2.05, 4.69) is 0 Å². The Morgan fingerprint density at radius 3 is 2.04 bits per heavy atom. The summed E-state index contributed by atoms with van der Waals surface area (Å²) in [5, 5.41) is 15.3. The molecule has 0 atom stereocenters. The van der Waals surface area contributed by atoms with Crippen molar-refractivity contribution in [3.8, 4) is 11.1 Å². The molecule has 0 aliphatic carbocycles.